The second kappa shape index (κ2) is 4.11. The fraction of sp³-hybridized carbons (Fsp3) is 0.889. The van der Waals surface area contributed by atoms with Crippen LogP contribution in [0.25, 0.3) is 0 Å². The van der Waals surface area contributed by atoms with Crippen LogP contribution in [0.2, 0.25) is 0 Å². The molecule has 16 heavy (non-hydrogen) atoms. The van der Waals surface area contributed by atoms with Gasteiger partial charge in [0.25, 0.3) is 0 Å². The molecule has 2 radical (unpaired) electrons. The first-order valence-electron chi connectivity index (χ1n) is 5.02. The Morgan fingerprint density at radius 2 is 2.38 bits per heavy atom. The van der Waals surface area contributed by atoms with Crippen molar-refractivity contribution in [3.05, 3.63) is 6.66 Å². The quantitative estimate of drug-likeness (QED) is 0.407. The first-order chi connectivity index (χ1) is 7.38. The number of methoxy groups -OCH3 is 1. The van der Waals surface area contributed by atoms with Gasteiger partial charge in [0.1, 0.15) is 25.7 Å². The number of fused-ring (bicyclic) bond motifs is 2. The fourth-order valence-corrected chi connectivity index (χ4v) is 3.00. The van der Waals surface area contributed by atoms with E-state index in [4.69, 9.17) is 26.6 Å². The van der Waals surface area contributed by atoms with Crippen molar-refractivity contribution in [3.8, 4) is 0 Å². The van der Waals surface area contributed by atoms with Crippen molar-refractivity contribution in [2.45, 2.75) is 23.8 Å². The lowest BCUT2D eigenvalue weighted by Crippen LogP contribution is -2.45. The molecule has 90 valence electrons. The standard InChI is InChI=1S/C9H15BO5P/c1-12-4-9-5-13-6(8(10)14-9)7(9)15-16(2,3)11/h6-8H,2,4-5H2,1,3H3/q-1/t6-,7?,8+,9-,16?/m0/s1. The zero-order valence-corrected chi connectivity index (χ0v) is 10.3. The van der Waals surface area contributed by atoms with Gasteiger partial charge in [-0.1, -0.05) is 0 Å². The van der Waals surface area contributed by atoms with E-state index in [1.807, 2.05) is 0 Å². The van der Waals surface area contributed by atoms with E-state index in [1.54, 1.807) is 7.11 Å². The van der Waals surface area contributed by atoms with Crippen LogP contribution in [-0.2, 0) is 23.3 Å². The van der Waals surface area contributed by atoms with Gasteiger partial charge in [-0.15, -0.1) is 0 Å². The zero-order chi connectivity index (χ0) is 12.0. The van der Waals surface area contributed by atoms with Gasteiger partial charge in [-0.05, 0) is 6.66 Å². The minimum absolute atomic E-state index is 0.294. The Balaban J connectivity index is 2.19. The Labute approximate surface area is 96.6 Å². The van der Waals surface area contributed by atoms with Gasteiger partial charge in [-0.2, -0.15) is 0 Å². The Morgan fingerprint density at radius 3 is 2.88 bits per heavy atom. The topological polar surface area (TPSA) is 54.0 Å². The van der Waals surface area contributed by atoms with Crippen LogP contribution < -0.4 is 0 Å². The molecule has 0 saturated carbocycles. The SMILES string of the molecule is [B][C@@H]1O[C@@]2(COC)CO[C@H]1C2OP([CH2-])(C)=O. The maximum atomic E-state index is 11.6. The lowest BCUT2D eigenvalue weighted by atomic mass is 9.92. The summed E-state index contributed by atoms with van der Waals surface area (Å²) in [4.78, 5) is 0. The molecule has 0 spiro atoms. The summed E-state index contributed by atoms with van der Waals surface area (Å²) >= 11 is 0. The van der Waals surface area contributed by atoms with Gasteiger partial charge >= 0.3 is 0 Å². The van der Waals surface area contributed by atoms with Crippen LogP contribution >= 0.6 is 7.37 Å². The minimum atomic E-state index is -2.86. The molecule has 0 aromatic carbocycles. The maximum absolute atomic E-state index is 11.6. The molecule has 2 unspecified atom stereocenters. The van der Waals surface area contributed by atoms with Crippen LogP contribution in [0.3, 0.4) is 0 Å². The molecule has 0 aromatic rings. The predicted molar refractivity (Wildman–Crippen MR) is 58.7 cm³/mol. The van der Waals surface area contributed by atoms with Gasteiger partial charge in [0, 0.05) is 13.1 Å². The molecule has 2 saturated heterocycles. The second-order valence-corrected chi connectivity index (χ2v) is 6.64. The molecule has 5 atom stereocenters. The van der Waals surface area contributed by atoms with Crippen LogP contribution in [-0.4, -0.2) is 58.6 Å². The second-order valence-electron chi connectivity index (χ2n) is 4.40. The summed E-state index contributed by atoms with van der Waals surface area (Å²) in [7, 11) is 4.45. The smallest absolute Gasteiger partial charge is 0.143 e. The van der Waals surface area contributed by atoms with Crippen molar-refractivity contribution >= 4 is 15.2 Å². The monoisotopic (exact) mass is 245 g/mol. The van der Waals surface area contributed by atoms with Gasteiger partial charge < -0.3 is 23.3 Å². The van der Waals surface area contributed by atoms with Crippen molar-refractivity contribution < 1.29 is 23.3 Å². The van der Waals surface area contributed by atoms with Crippen LogP contribution in [0.5, 0.6) is 0 Å². The highest BCUT2D eigenvalue weighted by molar-refractivity contribution is 7.59. The summed E-state index contributed by atoms with van der Waals surface area (Å²) in [5.74, 6) is 0. The van der Waals surface area contributed by atoms with E-state index in [9.17, 15) is 4.57 Å². The van der Waals surface area contributed by atoms with E-state index in [-0.39, 0.29) is 0 Å². The van der Waals surface area contributed by atoms with Crippen molar-refractivity contribution in [2.75, 3.05) is 27.0 Å². The van der Waals surface area contributed by atoms with Crippen LogP contribution in [0, 0.1) is 6.66 Å². The van der Waals surface area contributed by atoms with Crippen LogP contribution in [0.1, 0.15) is 0 Å². The summed E-state index contributed by atoms with van der Waals surface area (Å²) in [6, 6.07) is -0.569. The molecular formula is C9H15BO5P-. The average molecular weight is 245 g/mol. The highest BCUT2D eigenvalue weighted by Gasteiger charge is 2.61. The minimum Gasteiger partial charge on any atom is -0.381 e. The number of hydrogen-bond acceptors (Lipinski definition) is 5. The van der Waals surface area contributed by atoms with Crippen molar-refractivity contribution in [2.24, 2.45) is 0 Å². The van der Waals surface area contributed by atoms with Crippen LogP contribution in [0.15, 0.2) is 0 Å². The van der Waals surface area contributed by atoms with Crippen molar-refractivity contribution in [1.82, 2.24) is 0 Å². The molecular weight excluding hydrogens is 230 g/mol. The summed E-state index contributed by atoms with van der Waals surface area (Å²) in [5.41, 5.74) is -0.748. The first-order valence-corrected chi connectivity index (χ1v) is 7.28. The molecule has 2 aliphatic rings. The van der Waals surface area contributed by atoms with E-state index in [0.29, 0.717) is 13.2 Å². The maximum Gasteiger partial charge on any atom is 0.143 e. The van der Waals surface area contributed by atoms with Crippen molar-refractivity contribution in [1.29, 1.82) is 0 Å². The van der Waals surface area contributed by atoms with E-state index in [0.717, 1.165) is 0 Å². The Bertz CT molecular complexity index is 319. The fourth-order valence-electron chi connectivity index (χ4n) is 2.21. The number of rotatable bonds is 4. The largest absolute Gasteiger partial charge is 0.381 e. The van der Waals surface area contributed by atoms with Gasteiger partial charge in [0.2, 0.25) is 0 Å². The van der Waals surface area contributed by atoms with E-state index < -0.39 is 31.2 Å². The molecule has 5 nitrogen and oxygen atoms in total. The molecule has 2 aliphatic heterocycles. The van der Waals surface area contributed by atoms with E-state index in [2.05, 4.69) is 6.66 Å². The third-order valence-corrected chi connectivity index (χ3v) is 3.43. The average Bonchev–Trinajstić information content (AvgIpc) is 2.54. The van der Waals surface area contributed by atoms with Gasteiger partial charge in [-0.3, -0.25) is 6.66 Å². The first kappa shape index (κ1) is 12.6. The molecule has 0 aliphatic carbocycles. The van der Waals surface area contributed by atoms with Gasteiger partial charge in [-0.25, -0.2) is 0 Å². The molecule has 0 aromatic heterocycles. The summed E-state index contributed by atoms with van der Waals surface area (Å²) in [6.45, 7) is 5.57. The summed E-state index contributed by atoms with van der Waals surface area (Å²) in [5, 5.41) is 0. The predicted octanol–water partition coefficient (Wildman–Crippen LogP) is 0.380. The molecule has 2 bridgehead atoms. The third kappa shape index (κ3) is 2.09. The van der Waals surface area contributed by atoms with Crippen molar-refractivity contribution in [3.63, 3.8) is 0 Å². The number of ether oxygens (including phenoxy) is 3. The highest BCUT2D eigenvalue weighted by atomic mass is 31.2. The Morgan fingerprint density at radius 1 is 1.69 bits per heavy atom. The molecule has 0 N–H and O–H groups in total. The lowest BCUT2D eigenvalue weighted by Gasteiger charge is -2.31. The number of hydrogen-bond donors (Lipinski definition) is 0. The van der Waals surface area contributed by atoms with E-state index in [1.165, 1.54) is 6.66 Å². The Kier molecular flexibility index (Phi) is 3.23. The third-order valence-electron chi connectivity index (χ3n) is 2.76. The van der Waals surface area contributed by atoms with Crippen LogP contribution in [0.4, 0.5) is 0 Å². The van der Waals surface area contributed by atoms with Gasteiger partial charge in [0.05, 0.1) is 20.6 Å². The molecule has 2 fully saturated rings. The lowest BCUT2D eigenvalue weighted by molar-refractivity contribution is -0.140. The van der Waals surface area contributed by atoms with Gasteiger partial charge in [0.15, 0.2) is 0 Å². The summed E-state index contributed by atoms with van der Waals surface area (Å²) in [6.07, 6.45) is -0.874. The zero-order valence-electron chi connectivity index (χ0n) is 9.42. The molecule has 7 heteroatoms. The summed E-state index contributed by atoms with van der Waals surface area (Å²) < 4.78 is 33.2. The molecule has 2 heterocycles. The normalized spacial score (nSPS) is 45.8. The Hall–Kier alpha value is 0.135. The highest BCUT2D eigenvalue weighted by Crippen LogP contribution is 2.50. The van der Waals surface area contributed by atoms with E-state index >= 15 is 0 Å². The molecule has 2 rings (SSSR count). The molecule has 0 amide bonds.